The molecule has 1 aliphatic carbocycles. The minimum absolute atomic E-state index is 0.0858. The molecule has 0 spiro atoms. The lowest BCUT2D eigenvalue weighted by Gasteiger charge is -2.22. The third kappa shape index (κ3) is 2.90. The van der Waals surface area contributed by atoms with Crippen LogP contribution in [0.2, 0.25) is 5.02 Å². The van der Waals surface area contributed by atoms with Crippen LogP contribution in [0.3, 0.4) is 0 Å². The van der Waals surface area contributed by atoms with Gasteiger partial charge in [0.1, 0.15) is 11.5 Å². The number of amides is 2. The molecule has 4 rings (SSSR count). The minimum Gasteiger partial charge on any atom is -0.457 e. The van der Waals surface area contributed by atoms with Gasteiger partial charge in [-0.15, -0.1) is 0 Å². The fraction of sp³-hybridized carbons (Fsp3) is 0.238. The first-order valence-corrected chi connectivity index (χ1v) is 9.00. The van der Waals surface area contributed by atoms with Gasteiger partial charge in [0.05, 0.1) is 17.5 Å². The molecular weight excluding hydrogens is 350 g/mol. The number of rotatable bonds is 3. The Labute approximate surface area is 157 Å². The highest BCUT2D eigenvalue weighted by Crippen LogP contribution is 2.40. The van der Waals surface area contributed by atoms with Crippen LogP contribution in [0.4, 0.5) is 5.69 Å². The van der Waals surface area contributed by atoms with Crippen molar-refractivity contribution in [1.82, 2.24) is 0 Å². The SMILES string of the molecule is C[C@@H]1C=CC[C@@H]2C(=O)N(c3ccc(Oc4ccc(Cl)cc4)cc3)C(=O)[C@@H]12. The Hall–Kier alpha value is -2.59. The third-order valence-corrected chi connectivity index (χ3v) is 5.27. The summed E-state index contributed by atoms with van der Waals surface area (Å²) in [6.45, 7) is 1.99. The molecule has 0 unspecified atom stereocenters. The highest BCUT2D eigenvalue weighted by Gasteiger charge is 2.50. The van der Waals surface area contributed by atoms with Gasteiger partial charge in [-0.05, 0) is 60.9 Å². The molecule has 3 atom stereocenters. The smallest absolute Gasteiger partial charge is 0.238 e. The maximum atomic E-state index is 12.8. The van der Waals surface area contributed by atoms with Crippen LogP contribution < -0.4 is 9.64 Å². The van der Waals surface area contributed by atoms with Gasteiger partial charge < -0.3 is 4.74 Å². The van der Waals surface area contributed by atoms with Gasteiger partial charge in [-0.3, -0.25) is 14.5 Å². The first-order chi connectivity index (χ1) is 12.5. The second-order valence-corrected chi connectivity index (χ2v) is 7.15. The van der Waals surface area contributed by atoms with Crippen LogP contribution in [-0.2, 0) is 9.59 Å². The number of halogens is 1. The van der Waals surface area contributed by atoms with E-state index < -0.39 is 0 Å². The molecule has 2 aromatic rings. The Balaban J connectivity index is 1.54. The second kappa shape index (κ2) is 6.61. The molecule has 0 radical (unpaired) electrons. The summed E-state index contributed by atoms with van der Waals surface area (Å²) in [5.41, 5.74) is 0.588. The predicted octanol–water partition coefficient (Wildman–Crippen LogP) is 4.83. The molecule has 1 saturated heterocycles. The summed E-state index contributed by atoms with van der Waals surface area (Å²) in [7, 11) is 0. The number of allylic oxidation sites excluding steroid dienone is 2. The lowest BCUT2D eigenvalue weighted by atomic mass is 9.78. The van der Waals surface area contributed by atoms with Crippen LogP contribution >= 0.6 is 11.6 Å². The van der Waals surface area contributed by atoms with Crippen molar-refractivity contribution in [2.45, 2.75) is 13.3 Å². The fourth-order valence-corrected chi connectivity index (χ4v) is 3.83. The summed E-state index contributed by atoms with van der Waals surface area (Å²) in [6.07, 6.45) is 4.66. The van der Waals surface area contributed by atoms with E-state index in [1.54, 1.807) is 48.5 Å². The number of hydrogen-bond donors (Lipinski definition) is 0. The Kier molecular flexibility index (Phi) is 4.29. The third-order valence-electron chi connectivity index (χ3n) is 5.02. The number of carbonyl (C=O) groups excluding carboxylic acids is 2. The molecule has 132 valence electrons. The van der Waals surface area contributed by atoms with Crippen molar-refractivity contribution in [2.24, 2.45) is 17.8 Å². The summed E-state index contributed by atoms with van der Waals surface area (Å²) in [5.74, 6) is 0.669. The summed E-state index contributed by atoms with van der Waals surface area (Å²) >= 11 is 5.87. The summed E-state index contributed by atoms with van der Waals surface area (Å²) in [4.78, 5) is 26.9. The van der Waals surface area contributed by atoms with Gasteiger partial charge in [-0.25, -0.2) is 0 Å². The molecular formula is C21H18ClNO3. The van der Waals surface area contributed by atoms with Gasteiger partial charge in [0.15, 0.2) is 0 Å². The lowest BCUT2D eigenvalue weighted by Crippen LogP contribution is -2.31. The Bertz CT molecular complexity index is 873. The van der Waals surface area contributed by atoms with Crippen molar-refractivity contribution >= 4 is 29.1 Å². The van der Waals surface area contributed by atoms with Crippen LogP contribution in [0, 0.1) is 17.8 Å². The van der Waals surface area contributed by atoms with E-state index in [1.807, 2.05) is 19.1 Å². The van der Waals surface area contributed by atoms with Crippen LogP contribution in [0.1, 0.15) is 13.3 Å². The second-order valence-electron chi connectivity index (χ2n) is 6.72. The molecule has 1 heterocycles. The first-order valence-electron chi connectivity index (χ1n) is 8.62. The fourth-order valence-electron chi connectivity index (χ4n) is 3.70. The highest BCUT2D eigenvalue weighted by atomic mass is 35.5. The quantitative estimate of drug-likeness (QED) is 0.576. The standard InChI is InChI=1S/C21H18ClNO3/c1-13-3-2-4-18-19(13)21(25)23(20(18)24)15-7-11-17(12-8-15)26-16-9-5-14(22)6-10-16/h2-3,5-13,18-19H,4H2,1H3/t13-,18+,19+/m1/s1. The Morgan fingerprint density at radius 3 is 2.19 bits per heavy atom. The molecule has 2 aromatic carbocycles. The van der Waals surface area contributed by atoms with Gasteiger partial charge in [-0.2, -0.15) is 0 Å². The minimum atomic E-state index is -0.252. The molecule has 0 N–H and O–H groups in total. The van der Waals surface area contributed by atoms with Gasteiger partial charge in [-0.1, -0.05) is 30.7 Å². The number of nitrogens with zero attached hydrogens (tertiary/aromatic N) is 1. The molecule has 0 aromatic heterocycles. The number of benzene rings is 2. The van der Waals surface area contributed by atoms with Crippen molar-refractivity contribution < 1.29 is 14.3 Å². The Morgan fingerprint density at radius 2 is 1.58 bits per heavy atom. The first kappa shape index (κ1) is 16.9. The van der Waals surface area contributed by atoms with E-state index in [9.17, 15) is 9.59 Å². The highest BCUT2D eigenvalue weighted by molar-refractivity contribution is 6.30. The van der Waals surface area contributed by atoms with Gasteiger partial charge in [0.25, 0.3) is 0 Å². The molecule has 5 heteroatoms. The maximum absolute atomic E-state index is 12.8. The molecule has 2 aliphatic rings. The van der Waals surface area contributed by atoms with Crippen molar-refractivity contribution in [3.8, 4) is 11.5 Å². The van der Waals surface area contributed by atoms with Crippen LogP contribution in [0.15, 0.2) is 60.7 Å². The average Bonchev–Trinajstić information content (AvgIpc) is 2.90. The van der Waals surface area contributed by atoms with Crippen molar-refractivity contribution in [1.29, 1.82) is 0 Å². The summed E-state index contributed by atoms with van der Waals surface area (Å²) < 4.78 is 5.76. The number of ether oxygens (including phenoxy) is 1. The lowest BCUT2D eigenvalue weighted by molar-refractivity contribution is -0.122. The molecule has 0 bridgehead atoms. The number of fused-ring (bicyclic) bond motifs is 1. The molecule has 4 nitrogen and oxygen atoms in total. The molecule has 26 heavy (non-hydrogen) atoms. The van der Waals surface area contributed by atoms with E-state index >= 15 is 0 Å². The van der Waals surface area contributed by atoms with Crippen molar-refractivity contribution in [2.75, 3.05) is 4.90 Å². The van der Waals surface area contributed by atoms with Crippen molar-refractivity contribution in [3.05, 3.63) is 65.7 Å². The van der Waals surface area contributed by atoms with E-state index in [-0.39, 0.29) is 29.6 Å². The molecule has 1 fully saturated rings. The zero-order valence-corrected chi connectivity index (χ0v) is 15.0. The van der Waals surface area contributed by atoms with Gasteiger partial charge in [0, 0.05) is 5.02 Å². The van der Waals surface area contributed by atoms with Crippen LogP contribution in [0.5, 0.6) is 11.5 Å². The van der Waals surface area contributed by atoms with E-state index in [2.05, 4.69) is 0 Å². The number of anilines is 1. The largest absolute Gasteiger partial charge is 0.457 e. The zero-order chi connectivity index (χ0) is 18.3. The van der Waals surface area contributed by atoms with Crippen LogP contribution in [-0.4, -0.2) is 11.8 Å². The number of imide groups is 1. The van der Waals surface area contributed by atoms with Gasteiger partial charge in [0.2, 0.25) is 11.8 Å². The van der Waals surface area contributed by atoms with Crippen LogP contribution in [0.25, 0.3) is 0 Å². The van der Waals surface area contributed by atoms with E-state index in [0.717, 1.165) is 0 Å². The molecule has 2 amide bonds. The molecule has 1 aliphatic heterocycles. The van der Waals surface area contributed by atoms with E-state index in [4.69, 9.17) is 16.3 Å². The topological polar surface area (TPSA) is 46.6 Å². The zero-order valence-electron chi connectivity index (χ0n) is 14.3. The number of carbonyl (C=O) groups is 2. The number of hydrogen-bond acceptors (Lipinski definition) is 3. The summed E-state index contributed by atoms with van der Waals surface area (Å²) in [6, 6.07) is 14.1. The summed E-state index contributed by atoms with van der Waals surface area (Å²) in [5, 5.41) is 0.643. The Morgan fingerprint density at radius 1 is 0.962 bits per heavy atom. The van der Waals surface area contributed by atoms with E-state index in [0.29, 0.717) is 28.6 Å². The van der Waals surface area contributed by atoms with E-state index in [1.165, 1.54) is 4.90 Å². The molecule has 0 saturated carbocycles. The average molecular weight is 368 g/mol. The normalized spacial score (nSPS) is 24.7. The maximum Gasteiger partial charge on any atom is 0.238 e. The van der Waals surface area contributed by atoms with Gasteiger partial charge >= 0.3 is 0 Å². The van der Waals surface area contributed by atoms with Crippen molar-refractivity contribution in [3.63, 3.8) is 0 Å². The monoisotopic (exact) mass is 367 g/mol. The predicted molar refractivity (Wildman–Crippen MR) is 100 cm³/mol.